The number of rotatable bonds is 7. The molecule has 2 atom stereocenters. The summed E-state index contributed by atoms with van der Waals surface area (Å²) < 4.78 is 21.8. The van der Waals surface area contributed by atoms with E-state index < -0.39 is 35.8 Å². The highest BCUT2D eigenvalue weighted by atomic mass is 19.1. The molecule has 0 aliphatic carbocycles. The lowest BCUT2D eigenvalue weighted by molar-refractivity contribution is -0.130. The summed E-state index contributed by atoms with van der Waals surface area (Å²) in [4.78, 5) is 40.9. The molecule has 0 fully saturated rings. The summed E-state index contributed by atoms with van der Waals surface area (Å²) in [6.45, 7) is 2.89. The van der Waals surface area contributed by atoms with Crippen LogP contribution in [0.4, 0.5) is 14.9 Å². The Morgan fingerprint density at radius 1 is 1.19 bits per heavy atom. The number of carboxylic acid groups (broad SMARTS) is 1. The number of amides is 3. The van der Waals surface area contributed by atoms with E-state index >= 15 is 0 Å². The highest BCUT2D eigenvalue weighted by Crippen LogP contribution is 2.34. The molecular formula is C30H27FN6O5. The van der Waals surface area contributed by atoms with E-state index in [0.29, 0.717) is 39.3 Å². The van der Waals surface area contributed by atoms with Crippen molar-refractivity contribution in [2.45, 2.75) is 32.5 Å². The van der Waals surface area contributed by atoms with Crippen molar-refractivity contribution >= 4 is 34.5 Å². The average molecular weight is 571 g/mol. The van der Waals surface area contributed by atoms with Crippen LogP contribution in [-0.4, -0.2) is 62.9 Å². The van der Waals surface area contributed by atoms with Gasteiger partial charge in [-0.1, -0.05) is 24.3 Å². The van der Waals surface area contributed by atoms with Crippen LogP contribution in [0.25, 0.3) is 16.6 Å². The zero-order chi connectivity index (χ0) is 30.0. The number of nitrogens with one attached hydrogen (secondary N) is 1. The molecule has 2 heterocycles. The molecule has 1 aliphatic rings. The smallest absolute Gasteiger partial charge is 0.407 e. The van der Waals surface area contributed by atoms with Crippen LogP contribution in [-0.2, 0) is 16.1 Å². The number of hydrogen-bond donors (Lipinski definition) is 2. The standard InChI is InChI=1S/C30H27FN6O5/c1-3-35(30(40)41)18(2)28(38)33-23-17-42-27-11-7-6-10-25(27)36(29(23)39)16-22-21-13-12-20(31)14-26(21)37(34-22)24-9-5-4-8-19(24)15-32/h4-14,18,23H,3,16-17H2,1-2H3,(H,33,38)(H,40,41)/t18-,23-/m0/s1. The van der Waals surface area contributed by atoms with E-state index in [4.69, 9.17) is 9.84 Å². The maximum absolute atomic E-state index is 14.4. The lowest BCUT2D eigenvalue weighted by Crippen LogP contribution is -2.55. The van der Waals surface area contributed by atoms with Gasteiger partial charge < -0.3 is 20.1 Å². The third kappa shape index (κ3) is 5.19. The van der Waals surface area contributed by atoms with Crippen LogP contribution in [0.15, 0.2) is 66.7 Å². The van der Waals surface area contributed by atoms with E-state index in [-0.39, 0.29) is 19.7 Å². The highest BCUT2D eigenvalue weighted by molar-refractivity contribution is 6.02. The summed E-state index contributed by atoms with van der Waals surface area (Å²) in [5.74, 6) is -1.24. The Morgan fingerprint density at radius 2 is 1.90 bits per heavy atom. The molecule has 0 radical (unpaired) electrons. The van der Waals surface area contributed by atoms with Gasteiger partial charge in [0.15, 0.2) is 0 Å². The van der Waals surface area contributed by atoms with Crippen molar-refractivity contribution in [3.63, 3.8) is 0 Å². The van der Waals surface area contributed by atoms with Crippen molar-refractivity contribution in [1.82, 2.24) is 20.0 Å². The molecule has 42 heavy (non-hydrogen) atoms. The predicted molar refractivity (Wildman–Crippen MR) is 151 cm³/mol. The van der Waals surface area contributed by atoms with Gasteiger partial charge in [-0.15, -0.1) is 0 Å². The Hall–Kier alpha value is -5.44. The molecule has 0 saturated heterocycles. The fourth-order valence-corrected chi connectivity index (χ4v) is 4.98. The first-order valence-electron chi connectivity index (χ1n) is 13.2. The SMILES string of the molecule is CCN(C(=O)O)[C@@H](C)C(=O)N[C@H]1COc2ccccc2N(Cc2nn(-c3ccccc3C#N)c3cc(F)ccc23)C1=O. The van der Waals surface area contributed by atoms with Crippen LogP contribution in [0, 0.1) is 17.1 Å². The summed E-state index contributed by atoms with van der Waals surface area (Å²) >= 11 is 0. The van der Waals surface area contributed by atoms with Crippen molar-refractivity contribution in [1.29, 1.82) is 5.26 Å². The van der Waals surface area contributed by atoms with Gasteiger partial charge in [0.25, 0.3) is 5.91 Å². The molecule has 3 amide bonds. The molecule has 12 heteroatoms. The topological polar surface area (TPSA) is 141 Å². The summed E-state index contributed by atoms with van der Waals surface area (Å²) in [6.07, 6.45) is -1.26. The van der Waals surface area contributed by atoms with E-state index in [1.807, 2.05) is 0 Å². The average Bonchev–Trinajstić information content (AvgIpc) is 3.28. The van der Waals surface area contributed by atoms with Gasteiger partial charge in [0, 0.05) is 18.0 Å². The monoisotopic (exact) mass is 570 g/mol. The first-order chi connectivity index (χ1) is 20.2. The zero-order valence-electron chi connectivity index (χ0n) is 22.8. The molecule has 3 aromatic carbocycles. The van der Waals surface area contributed by atoms with Crippen LogP contribution in [0.1, 0.15) is 25.1 Å². The predicted octanol–water partition coefficient (Wildman–Crippen LogP) is 3.84. The van der Waals surface area contributed by atoms with Crippen molar-refractivity contribution in [3.8, 4) is 17.5 Å². The van der Waals surface area contributed by atoms with Crippen LogP contribution in [0.5, 0.6) is 5.75 Å². The second-order valence-corrected chi connectivity index (χ2v) is 9.66. The second kappa shape index (κ2) is 11.6. The summed E-state index contributed by atoms with van der Waals surface area (Å²) in [6, 6.07) is 17.8. The van der Waals surface area contributed by atoms with E-state index in [2.05, 4.69) is 11.4 Å². The maximum Gasteiger partial charge on any atom is 0.407 e. The number of carbonyl (C=O) groups is 3. The molecule has 0 spiro atoms. The number of ether oxygens (including phenoxy) is 1. The Bertz CT molecular complexity index is 1730. The minimum atomic E-state index is -1.26. The van der Waals surface area contributed by atoms with Crippen LogP contribution >= 0.6 is 0 Å². The van der Waals surface area contributed by atoms with Gasteiger partial charge in [0.05, 0.1) is 34.7 Å². The Kier molecular flexibility index (Phi) is 7.75. The quantitative estimate of drug-likeness (QED) is 0.344. The van der Waals surface area contributed by atoms with E-state index in [0.717, 1.165) is 4.90 Å². The summed E-state index contributed by atoms with van der Waals surface area (Å²) in [7, 11) is 0. The minimum Gasteiger partial charge on any atom is -0.489 e. The third-order valence-electron chi connectivity index (χ3n) is 7.16. The fourth-order valence-electron chi connectivity index (χ4n) is 4.98. The molecule has 5 rings (SSSR count). The lowest BCUT2D eigenvalue weighted by atomic mass is 10.1. The number of hydrogen-bond acceptors (Lipinski definition) is 6. The fraction of sp³-hybridized carbons (Fsp3) is 0.233. The minimum absolute atomic E-state index is 0.0683. The van der Waals surface area contributed by atoms with Crippen LogP contribution in [0.3, 0.4) is 0 Å². The van der Waals surface area contributed by atoms with Crippen LogP contribution in [0.2, 0.25) is 0 Å². The molecule has 0 saturated carbocycles. The molecular weight excluding hydrogens is 543 g/mol. The van der Waals surface area contributed by atoms with Crippen molar-refractivity contribution in [3.05, 3.63) is 83.8 Å². The molecule has 11 nitrogen and oxygen atoms in total. The molecule has 0 unspecified atom stereocenters. The van der Waals surface area contributed by atoms with Gasteiger partial charge in [-0.2, -0.15) is 10.4 Å². The summed E-state index contributed by atoms with van der Waals surface area (Å²) in [5, 5.41) is 27.0. The zero-order valence-corrected chi connectivity index (χ0v) is 22.8. The Balaban J connectivity index is 1.54. The van der Waals surface area contributed by atoms with Crippen molar-refractivity contribution < 1.29 is 28.6 Å². The third-order valence-corrected chi connectivity index (χ3v) is 7.16. The number of carbonyl (C=O) groups excluding carboxylic acids is 2. The number of aromatic nitrogens is 2. The first-order valence-corrected chi connectivity index (χ1v) is 13.2. The highest BCUT2D eigenvalue weighted by Gasteiger charge is 2.35. The number of nitrogens with zero attached hydrogens (tertiary/aromatic N) is 5. The van der Waals surface area contributed by atoms with Crippen LogP contribution < -0.4 is 15.0 Å². The van der Waals surface area contributed by atoms with Gasteiger partial charge in [-0.25, -0.2) is 13.9 Å². The molecule has 1 aliphatic heterocycles. The van der Waals surface area contributed by atoms with E-state index in [9.17, 15) is 29.1 Å². The number of benzene rings is 3. The second-order valence-electron chi connectivity index (χ2n) is 9.66. The lowest BCUT2D eigenvalue weighted by Gasteiger charge is -2.27. The number of anilines is 1. The van der Waals surface area contributed by atoms with Gasteiger partial charge in [0.1, 0.15) is 36.3 Å². The van der Waals surface area contributed by atoms with Crippen molar-refractivity contribution in [2.75, 3.05) is 18.1 Å². The number of nitriles is 1. The maximum atomic E-state index is 14.4. The Labute approximate surface area is 240 Å². The van der Waals surface area contributed by atoms with Gasteiger partial charge in [0.2, 0.25) is 5.91 Å². The van der Waals surface area contributed by atoms with Gasteiger partial charge in [-0.05, 0) is 50.2 Å². The molecule has 2 N–H and O–H groups in total. The summed E-state index contributed by atoms with van der Waals surface area (Å²) in [5.41, 5.74) is 2.05. The largest absolute Gasteiger partial charge is 0.489 e. The number of fused-ring (bicyclic) bond motifs is 2. The molecule has 4 aromatic rings. The molecule has 0 bridgehead atoms. The van der Waals surface area contributed by atoms with E-state index in [1.165, 1.54) is 28.6 Å². The van der Waals surface area contributed by atoms with Gasteiger partial charge in [-0.3, -0.25) is 14.5 Å². The number of para-hydroxylation sites is 3. The Morgan fingerprint density at radius 3 is 2.62 bits per heavy atom. The number of halogens is 1. The molecule has 214 valence electrons. The van der Waals surface area contributed by atoms with Gasteiger partial charge >= 0.3 is 6.09 Å². The van der Waals surface area contributed by atoms with Crippen molar-refractivity contribution in [2.24, 2.45) is 0 Å². The molecule has 1 aromatic heterocycles. The normalized spacial score (nSPS) is 15.2. The first kappa shape index (κ1) is 28.1. The number of likely N-dealkylation sites (N-methyl/N-ethyl adjacent to an activating group) is 1. The van der Waals surface area contributed by atoms with E-state index in [1.54, 1.807) is 61.5 Å².